The van der Waals surface area contributed by atoms with Gasteiger partial charge in [-0.3, -0.25) is 9.59 Å². The zero-order chi connectivity index (χ0) is 16.9. The van der Waals surface area contributed by atoms with Crippen LogP contribution in [0.5, 0.6) is 17.2 Å². The second-order valence-electron chi connectivity index (χ2n) is 4.99. The molecule has 0 aliphatic heterocycles. The summed E-state index contributed by atoms with van der Waals surface area (Å²) < 4.78 is 16.3. The molecular formula is C18H14O6. The number of rotatable bonds is 6. The second-order valence-corrected chi connectivity index (χ2v) is 4.99. The molecule has 0 amide bonds. The zero-order valence-corrected chi connectivity index (χ0v) is 12.6. The first-order valence-electron chi connectivity index (χ1n) is 7.26. The van der Waals surface area contributed by atoms with Crippen molar-refractivity contribution in [2.24, 2.45) is 0 Å². The molecule has 3 aromatic rings. The number of ether oxygens (including phenoxy) is 2. The van der Waals surface area contributed by atoms with Crippen molar-refractivity contribution >= 4 is 16.9 Å². The van der Waals surface area contributed by atoms with Crippen molar-refractivity contribution in [3.63, 3.8) is 0 Å². The zero-order valence-electron chi connectivity index (χ0n) is 12.6. The molecule has 24 heavy (non-hydrogen) atoms. The van der Waals surface area contributed by atoms with Gasteiger partial charge in [-0.1, -0.05) is 18.2 Å². The van der Waals surface area contributed by atoms with Gasteiger partial charge in [0.1, 0.15) is 23.3 Å². The Morgan fingerprint density at radius 3 is 2.62 bits per heavy atom. The number of carboxylic acid groups (broad SMARTS) is 1. The highest BCUT2D eigenvalue weighted by atomic mass is 16.5. The smallest absolute Gasteiger partial charge is 0.306 e. The lowest BCUT2D eigenvalue weighted by Gasteiger charge is -2.07. The van der Waals surface area contributed by atoms with Gasteiger partial charge in [0.15, 0.2) is 0 Å². The highest BCUT2D eigenvalue weighted by molar-refractivity contribution is 5.79. The van der Waals surface area contributed by atoms with Gasteiger partial charge in [0.25, 0.3) is 0 Å². The van der Waals surface area contributed by atoms with Crippen molar-refractivity contribution in [3.05, 3.63) is 65.0 Å². The SMILES string of the molecule is O=C(O)CCOc1ccc2c(=O)c(Oc3ccccc3)coc2c1. The lowest BCUT2D eigenvalue weighted by molar-refractivity contribution is -0.137. The second kappa shape index (κ2) is 6.87. The Balaban J connectivity index is 1.84. The van der Waals surface area contributed by atoms with Crippen LogP contribution in [0, 0.1) is 0 Å². The van der Waals surface area contributed by atoms with Gasteiger partial charge in [-0.15, -0.1) is 0 Å². The van der Waals surface area contributed by atoms with E-state index in [-0.39, 0.29) is 24.2 Å². The molecule has 1 N–H and O–H groups in total. The van der Waals surface area contributed by atoms with Gasteiger partial charge in [-0.05, 0) is 24.3 Å². The maximum atomic E-state index is 12.4. The standard InChI is InChI=1S/C18H14O6/c19-17(20)8-9-22-13-6-7-14-15(10-13)23-11-16(18(14)21)24-12-4-2-1-3-5-12/h1-7,10-11H,8-9H2,(H,19,20). The highest BCUT2D eigenvalue weighted by Crippen LogP contribution is 2.23. The van der Waals surface area contributed by atoms with E-state index in [4.69, 9.17) is 19.0 Å². The Labute approximate surface area is 136 Å². The number of hydrogen-bond donors (Lipinski definition) is 1. The van der Waals surface area contributed by atoms with Gasteiger partial charge < -0.3 is 19.0 Å². The van der Waals surface area contributed by atoms with E-state index >= 15 is 0 Å². The third-order valence-electron chi connectivity index (χ3n) is 3.27. The summed E-state index contributed by atoms with van der Waals surface area (Å²) in [7, 11) is 0. The first-order valence-corrected chi connectivity index (χ1v) is 7.26. The molecule has 0 saturated carbocycles. The van der Waals surface area contributed by atoms with Crippen LogP contribution >= 0.6 is 0 Å². The maximum Gasteiger partial charge on any atom is 0.306 e. The topological polar surface area (TPSA) is 86.0 Å². The van der Waals surface area contributed by atoms with Crippen molar-refractivity contribution in [2.75, 3.05) is 6.61 Å². The van der Waals surface area contributed by atoms with Gasteiger partial charge >= 0.3 is 5.97 Å². The Bertz CT molecular complexity index is 914. The quantitative estimate of drug-likeness (QED) is 0.747. The minimum absolute atomic E-state index is 0.0419. The number of para-hydroxylation sites is 1. The summed E-state index contributed by atoms with van der Waals surface area (Å²) in [5, 5.41) is 8.95. The lowest BCUT2D eigenvalue weighted by Crippen LogP contribution is -2.06. The predicted molar refractivity (Wildman–Crippen MR) is 86.7 cm³/mol. The van der Waals surface area contributed by atoms with Crippen LogP contribution in [-0.2, 0) is 4.79 Å². The highest BCUT2D eigenvalue weighted by Gasteiger charge is 2.10. The molecule has 0 unspecified atom stereocenters. The Morgan fingerprint density at radius 2 is 1.88 bits per heavy atom. The first-order chi connectivity index (χ1) is 11.6. The van der Waals surface area contributed by atoms with Crippen LogP contribution in [-0.4, -0.2) is 17.7 Å². The molecule has 6 nitrogen and oxygen atoms in total. The number of fused-ring (bicyclic) bond motifs is 1. The Hall–Kier alpha value is -3.28. The van der Waals surface area contributed by atoms with Crippen molar-refractivity contribution in [3.8, 4) is 17.2 Å². The van der Waals surface area contributed by atoms with Gasteiger partial charge in [-0.25, -0.2) is 0 Å². The van der Waals surface area contributed by atoms with E-state index in [2.05, 4.69) is 0 Å². The van der Waals surface area contributed by atoms with Crippen LogP contribution in [0.15, 0.2) is 64.0 Å². The molecule has 0 bridgehead atoms. The monoisotopic (exact) mass is 326 g/mol. The fourth-order valence-corrected chi connectivity index (χ4v) is 2.12. The molecule has 1 aromatic heterocycles. The summed E-state index contributed by atoms with van der Waals surface area (Å²) in [6.45, 7) is 0.0419. The van der Waals surface area contributed by atoms with E-state index in [1.54, 1.807) is 42.5 Å². The molecule has 0 saturated heterocycles. The average molecular weight is 326 g/mol. The molecule has 0 fully saturated rings. The molecule has 0 aliphatic carbocycles. The molecular weight excluding hydrogens is 312 g/mol. The van der Waals surface area contributed by atoms with Crippen LogP contribution < -0.4 is 14.9 Å². The van der Waals surface area contributed by atoms with Crippen LogP contribution in [0.2, 0.25) is 0 Å². The van der Waals surface area contributed by atoms with Crippen molar-refractivity contribution in [1.29, 1.82) is 0 Å². The molecule has 1 heterocycles. The predicted octanol–water partition coefficient (Wildman–Crippen LogP) is 3.44. The van der Waals surface area contributed by atoms with Crippen molar-refractivity contribution in [1.82, 2.24) is 0 Å². The molecule has 0 radical (unpaired) electrons. The van der Waals surface area contributed by atoms with Crippen LogP contribution in [0.3, 0.4) is 0 Å². The van der Waals surface area contributed by atoms with Crippen LogP contribution in [0.1, 0.15) is 6.42 Å². The van der Waals surface area contributed by atoms with Crippen molar-refractivity contribution in [2.45, 2.75) is 6.42 Å². The summed E-state index contributed by atoms with van der Waals surface area (Å²) in [6, 6.07) is 13.6. The van der Waals surface area contributed by atoms with E-state index in [9.17, 15) is 9.59 Å². The van der Waals surface area contributed by atoms with E-state index in [1.165, 1.54) is 6.26 Å². The normalized spacial score (nSPS) is 10.5. The van der Waals surface area contributed by atoms with Gasteiger partial charge in [-0.2, -0.15) is 0 Å². The molecule has 6 heteroatoms. The summed E-state index contributed by atoms with van der Waals surface area (Å²) >= 11 is 0. The van der Waals surface area contributed by atoms with E-state index in [0.29, 0.717) is 22.5 Å². The molecule has 0 spiro atoms. The summed E-state index contributed by atoms with van der Waals surface area (Å²) in [6.07, 6.45) is 1.14. The number of benzene rings is 2. The van der Waals surface area contributed by atoms with E-state index in [1.807, 2.05) is 6.07 Å². The van der Waals surface area contributed by atoms with E-state index in [0.717, 1.165) is 0 Å². The number of carbonyl (C=O) groups is 1. The summed E-state index contributed by atoms with van der Waals surface area (Å²) in [5.74, 6) is 0.125. The van der Waals surface area contributed by atoms with Gasteiger partial charge in [0.05, 0.1) is 18.4 Å². The fraction of sp³-hybridized carbons (Fsp3) is 0.111. The van der Waals surface area contributed by atoms with Crippen LogP contribution in [0.25, 0.3) is 11.0 Å². The summed E-state index contributed by atoms with van der Waals surface area (Å²) in [4.78, 5) is 22.9. The molecule has 122 valence electrons. The number of carboxylic acids is 1. The molecule has 2 aromatic carbocycles. The van der Waals surface area contributed by atoms with E-state index < -0.39 is 5.97 Å². The van der Waals surface area contributed by atoms with Gasteiger partial charge in [0.2, 0.25) is 11.2 Å². The number of aliphatic carboxylic acids is 1. The first kappa shape index (κ1) is 15.6. The number of hydrogen-bond acceptors (Lipinski definition) is 5. The Kier molecular flexibility index (Phi) is 4.47. The molecule has 0 atom stereocenters. The fourth-order valence-electron chi connectivity index (χ4n) is 2.12. The lowest BCUT2D eigenvalue weighted by atomic mass is 10.2. The maximum absolute atomic E-state index is 12.4. The summed E-state index contributed by atoms with van der Waals surface area (Å²) in [5.41, 5.74) is 0.0467. The third kappa shape index (κ3) is 3.55. The third-order valence-corrected chi connectivity index (χ3v) is 3.27. The van der Waals surface area contributed by atoms with Crippen molar-refractivity contribution < 1.29 is 23.8 Å². The largest absolute Gasteiger partial charge is 0.493 e. The Morgan fingerprint density at radius 1 is 1.08 bits per heavy atom. The molecule has 0 aliphatic rings. The minimum atomic E-state index is -0.940. The average Bonchev–Trinajstić information content (AvgIpc) is 2.58. The van der Waals surface area contributed by atoms with Gasteiger partial charge in [0, 0.05) is 6.07 Å². The minimum Gasteiger partial charge on any atom is -0.493 e. The molecule has 3 rings (SSSR count). The van der Waals surface area contributed by atoms with Crippen LogP contribution in [0.4, 0.5) is 0 Å².